The first kappa shape index (κ1) is 40.1. The van der Waals surface area contributed by atoms with Crippen LogP contribution in [0.5, 0.6) is 0 Å². The van der Waals surface area contributed by atoms with Crippen LogP contribution in [0.2, 0.25) is 0 Å². The lowest BCUT2D eigenvalue weighted by molar-refractivity contribution is -0.152. The van der Waals surface area contributed by atoms with Crippen molar-refractivity contribution in [2.45, 2.75) is 161 Å². The lowest BCUT2D eigenvalue weighted by atomic mass is 9.99. The number of carbonyl (C=O) groups excluding carboxylic acids is 2. The number of allylic oxidation sites excluding steroid dienone is 4. The molecule has 0 aromatic carbocycles. The Hall–Kier alpha value is -1.92. The summed E-state index contributed by atoms with van der Waals surface area (Å²) in [4.78, 5) is 23.8. The van der Waals surface area contributed by atoms with Gasteiger partial charge in [0, 0.05) is 12.8 Å². The Labute approximate surface area is 258 Å². The Bertz CT molecular complexity index is 714. The van der Waals surface area contributed by atoms with Crippen LogP contribution in [0, 0.1) is 5.92 Å². The molecule has 0 radical (unpaired) electrons. The van der Waals surface area contributed by atoms with E-state index in [1.165, 1.54) is 44.9 Å². The van der Waals surface area contributed by atoms with Gasteiger partial charge in [-0.25, -0.2) is 0 Å². The van der Waals surface area contributed by atoms with Gasteiger partial charge in [-0.15, -0.1) is 0 Å². The van der Waals surface area contributed by atoms with Gasteiger partial charge < -0.3 is 19.7 Å². The van der Waals surface area contributed by atoms with Crippen molar-refractivity contribution in [1.29, 1.82) is 0 Å². The van der Waals surface area contributed by atoms with E-state index >= 15 is 0 Å². The molecule has 6 heteroatoms. The molecule has 3 atom stereocenters. The molecule has 0 saturated heterocycles. The molecule has 0 aliphatic rings. The van der Waals surface area contributed by atoms with E-state index in [2.05, 4.69) is 32.9 Å². The van der Waals surface area contributed by atoms with Crippen LogP contribution in [0.1, 0.15) is 149 Å². The monoisotopic (exact) mass is 592 g/mol. The van der Waals surface area contributed by atoms with Crippen molar-refractivity contribution in [2.75, 3.05) is 13.2 Å². The summed E-state index contributed by atoms with van der Waals surface area (Å²) >= 11 is 0. The van der Waals surface area contributed by atoms with Gasteiger partial charge in [0.25, 0.3) is 0 Å². The average Bonchev–Trinajstić information content (AvgIpc) is 2.98. The molecule has 2 unspecified atom stereocenters. The number of ether oxygens (including phenoxy) is 2. The van der Waals surface area contributed by atoms with E-state index in [0.29, 0.717) is 19.3 Å². The molecule has 0 bridgehead atoms. The van der Waals surface area contributed by atoms with Gasteiger partial charge in [0.15, 0.2) is 0 Å². The largest absolute Gasteiger partial charge is 0.463 e. The maximum Gasteiger partial charge on any atom is 0.305 e. The highest BCUT2D eigenvalue weighted by atomic mass is 16.6. The fourth-order valence-corrected chi connectivity index (χ4v) is 4.51. The van der Waals surface area contributed by atoms with Crippen molar-refractivity contribution in [3.8, 4) is 0 Å². The molecule has 0 heterocycles. The normalized spacial score (nSPS) is 14.1. The molecular formula is C36H64O6. The molecule has 0 aromatic heterocycles. The Balaban J connectivity index is 3.55. The number of aliphatic hydroxyl groups excluding tert-OH is 2. The zero-order chi connectivity index (χ0) is 31.1. The maximum atomic E-state index is 11.9. The molecule has 42 heavy (non-hydrogen) atoms. The van der Waals surface area contributed by atoms with Crippen LogP contribution in [-0.2, 0) is 19.1 Å². The third kappa shape index (κ3) is 29.6. The molecule has 0 aliphatic carbocycles. The van der Waals surface area contributed by atoms with Gasteiger partial charge in [0.2, 0.25) is 0 Å². The van der Waals surface area contributed by atoms with Gasteiger partial charge in [-0.3, -0.25) is 9.59 Å². The summed E-state index contributed by atoms with van der Waals surface area (Å²) in [7, 11) is 0. The number of rotatable bonds is 29. The van der Waals surface area contributed by atoms with E-state index in [9.17, 15) is 19.8 Å². The molecule has 0 aromatic rings. The number of unbranched alkanes of at least 4 members (excludes halogenated alkanes) is 12. The molecule has 0 fully saturated rings. The highest BCUT2D eigenvalue weighted by Gasteiger charge is 2.12. The second-order valence-electron chi connectivity index (χ2n) is 11.7. The summed E-state index contributed by atoms with van der Waals surface area (Å²) in [6, 6.07) is 0. The van der Waals surface area contributed by atoms with Crippen LogP contribution >= 0.6 is 0 Å². The predicted octanol–water partition coefficient (Wildman–Crippen LogP) is 8.94. The molecule has 2 N–H and O–H groups in total. The number of hydrogen-bond donors (Lipinski definition) is 2. The Morgan fingerprint density at radius 2 is 1.19 bits per heavy atom. The van der Waals surface area contributed by atoms with Gasteiger partial charge in [0.05, 0.1) is 6.10 Å². The number of esters is 2. The lowest BCUT2D eigenvalue weighted by Crippen LogP contribution is -2.25. The topological polar surface area (TPSA) is 93.1 Å². The van der Waals surface area contributed by atoms with Gasteiger partial charge in [-0.05, 0) is 44.4 Å². The van der Waals surface area contributed by atoms with Crippen molar-refractivity contribution < 1.29 is 29.3 Å². The molecule has 0 spiro atoms. The van der Waals surface area contributed by atoms with Crippen molar-refractivity contribution >= 4 is 11.9 Å². The summed E-state index contributed by atoms with van der Waals surface area (Å²) in [6.45, 7) is 6.39. The van der Waals surface area contributed by atoms with E-state index in [0.717, 1.165) is 70.1 Å². The molecule has 6 nitrogen and oxygen atoms in total. The number of aliphatic hydroxyl groups is 2. The molecule has 0 aliphatic heterocycles. The van der Waals surface area contributed by atoms with Gasteiger partial charge in [-0.2, -0.15) is 0 Å². The van der Waals surface area contributed by atoms with Crippen LogP contribution < -0.4 is 0 Å². The molecule has 244 valence electrons. The van der Waals surface area contributed by atoms with Gasteiger partial charge in [-0.1, -0.05) is 134 Å². The first-order valence-electron chi connectivity index (χ1n) is 17.0. The summed E-state index contributed by atoms with van der Waals surface area (Å²) < 4.78 is 10.3. The summed E-state index contributed by atoms with van der Waals surface area (Å²) in [5, 5.41) is 19.7. The smallest absolute Gasteiger partial charge is 0.305 e. The fraction of sp³-hybridized carbons (Fsp3) is 0.778. The van der Waals surface area contributed by atoms with Crippen molar-refractivity contribution in [3.63, 3.8) is 0 Å². The molecule has 0 rings (SSSR count). The Kier molecular flexibility index (Phi) is 29.1. The van der Waals surface area contributed by atoms with Crippen molar-refractivity contribution in [1.82, 2.24) is 0 Å². The van der Waals surface area contributed by atoms with Crippen molar-refractivity contribution in [2.24, 2.45) is 5.92 Å². The molecular weight excluding hydrogens is 528 g/mol. The van der Waals surface area contributed by atoms with Crippen LogP contribution in [0.4, 0.5) is 0 Å². The third-order valence-electron chi connectivity index (χ3n) is 7.51. The quantitative estimate of drug-likeness (QED) is 0.0390. The third-order valence-corrected chi connectivity index (χ3v) is 7.51. The van der Waals surface area contributed by atoms with Gasteiger partial charge in [0.1, 0.15) is 19.3 Å². The summed E-state index contributed by atoms with van der Waals surface area (Å²) in [5.74, 6) is 0.232. The van der Waals surface area contributed by atoms with E-state index < -0.39 is 12.2 Å². The molecule has 0 amide bonds. The highest BCUT2D eigenvalue weighted by molar-refractivity contribution is 5.69. The molecule has 0 saturated carbocycles. The standard InChI is InChI=1S/C36H64O6/c1-4-6-20-26-33(37)27-22-17-13-8-7-9-14-18-23-28-35(39)41-30-34(38)31-42-36(40)29-24-19-15-11-10-12-16-21-25-32(3)5-2/h6,13,17,20,22,27,32-34,37-38H,4-5,7-12,14-16,18-19,21,23-26,28-31H2,1-3H3/b17-13+,20-6+,27-22+/t32?,33?,34-/m0/s1. The predicted molar refractivity (Wildman–Crippen MR) is 174 cm³/mol. The maximum absolute atomic E-state index is 11.9. The van der Waals surface area contributed by atoms with E-state index in [1.807, 2.05) is 24.3 Å². The van der Waals surface area contributed by atoms with Crippen LogP contribution in [0.15, 0.2) is 36.5 Å². The minimum Gasteiger partial charge on any atom is -0.463 e. The van der Waals surface area contributed by atoms with E-state index in [4.69, 9.17) is 9.47 Å². The first-order valence-corrected chi connectivity index (χ1v) is 17.0. The highest BCUT2D eigenvalue weighted by Crippen LogP contribution is 2.15. The average molecular weight is 593 g/mol. The second-order valence-corrected chi connectivity index (χ2v) is 11.7. The Morgan fingerprint density at radius 1 is 0.667 bits per heavy atom. The zero-order valence-corrected chi connectivity index (χ0v) is 27.3. The minimum absolute atomic E-state index is 0.135. The fourth-order valence-electron chi connectivity index (χ4n) is 4.51. The summed E-state index contributed by atoms with van der Waals surface area (Å²) in [6.07, 6.45) is 30.9. The van der Waals surface area contributed by atoms with Crippen LogP contribution in [0.25, 0.3) is 0 Å². The number of hydrogen-bond acceptors (Lipinski definition) is 6. The Morgan fingerprint density at radius 3 is 1.74 bits per heavy atom. The van der Waals surface area contributed by atoms with Gasteiger partial charge >= 0.3 is 11.9 Å². The lowest BCUT2D eigenvalue weighted by Gasteiger charge is -2.12. The minimum atomic E-state index is -0.984. The summed E-state index contributed by atoms with van der Waals surface area (Å²) in [5.41, 5.74) is 0. The van der Waals surface area contributed by atoms with Crippen LogP contribution in [0.3, 0.4) is 0 Å². The van der Waals surface area contributed by atoms with Crippen molar-refractivity contribution in [3.05, 3.63) is 36.5 Å². The van der Waals surface area contributed by atoms with E-state index in [-0.39, 0.29) is 25.2 Å². The van der Waals surface area contributed by atoms with Crippen LogP contribution in [-0.4, -0.2) is 47.6 Å². The van der Waals surface area contributed by atoms with E-state index in [1.54, 1.807) is 0 Å². The number of carbonyl (C=O) groups is 2. The second kappa shape index (κ2) is 30.5. The zero-order valence-electron chi connectivity index (χ0n) is 27.3. The first-order chi connectivity index (χ1) is 20.4. The SMILES string of the molecule is CC/C=C/CC(O)/C=C/C=C/CCCCCCCC(=O)OC[C@H](O)COC(=O)CCCCCCCCCCC(C)CC.